The van der Waals surface area contributed by atoms with Gasteiger partial charge in [-0.3, -0.25) is 9.59 Å². The lowest BCUT2D eigenvalue weighted by atomic mass is 9.97. The molecule has 2 aromatic rings. The first-order valence-corrected chi connectivity index (χ1v) is 11.4. The molecule has 0 radical (unpaired) electrons. The molecule has 0 spiro atoms. The highest BCUT2D eigenvalue weighted by Gasteiger charge is 2.29. The molecule has 0 saturated carbocycles. The molecular weight excluding hydrogens is 414 g/mol. The smallest absolute Gasteiger partial charge is 0.260 e. The number of amides is 2. The van der Waals surface area contributed by atoms with Gasteiger partial charge in [0, 0.05) is 30.7 Å². The van der Waals surface area contributed by atoms with Gasteiger partial charge in [0.25, 0.3) is 11.8 Å². The summed E-state index contributed by atoms with van der Waals surface area (Å²) >= 11 is 0. The second kappa shape index (κ2) is 11.3. The predicted molar refractivity (Wildman–Crippen MR) is 128 cm³/mol. The molecule has 2 unspecified atom stereocenters. The minimum Gasteiger partial charge on any atom is -0.484 e. The number of likely N-dealkylation sites (tertiary alicyclic amines) is 1. The third-order valence-electron chi connectivity index (χ3n) is 6.01. The Labute approximate surface area is 196 Å². The molecule has 0 N–H and O–H groups in total. The summed E-state index contributed by atoms with van der Waals surface area (Å²) < 4.78 is 5.72. The molecule has 1 saturated heterocycles. The van der Waals surface area contributed by atoms with E-state index in [4.69, 9.17) is 10.00 Å². The Balaban J connectivity index is 1.62. The highest BCUT2D eigenvalue weighted by atomic mass is 16.5. The fraction of sp³-hybridized carbons (Fsp3) is 0.370. The van der Waals surface area contributed by atoms with Crippen molar-refractivity contribution < 1.29 is 14.3 Å². The van der Waals surface area contributed by atoms with Crippen molar-refractivity contribution in [3.05, 3.63) is 77.9 Å². The molecule has 33 heavy (non-hydrogen) atoms. The van der Waals surface area contributed by atoms with Crippen LogP contribution in [0, 0.1) is 11.3 Å². The minimum atomic E-state index is -0.143. The molecule has 0 aliphatic carbocycles. The third-order valence-corrected chi connectivity index (χ3v) is 6.01. The largest absolute Gasteiger partial charge is 0.484 e. The van der Waals surface area contributed by atoms with Crippen LogP contribution in [-0.4, -0.2) is 46.8 Å². The number of ether oxygens (including phenoxy) is 1. The number of benzene rings is 2. The van der Waals surface area contributed by atoms with Crippen molar-refractivity contribution >= 4 is 11.8 Å². The van der Waals surface area contributed by atoms with E-state index >= 15 is 0 Å². The zero-order chi connectivity index (χ0) is 23.8. The molecule has 1 heterocycles. The van der Waals surface area contributed by atoms with Gasteiger partial charge in [0.1, 0.15) is 5.75 Å². The lowest BCUT2D eigenvalue weighted by molar-refractivity contribution is -0.139. The SMILES string of the molecule is C=CCN(Cc1cccc(C#N)c1)C(=O)c1ccc(OCC(=O)N2C(C)CCCC2C)cc1. The van der Waals surface area contributed by atoms with E-state index in [9.17, 15) is 9.59 Å². The number of carbonyl (C=O) groups excluding carboxylic acids is 2. The van der Waals surface area contributed by atoms with Crippen LogP contribution in [0.2, 0.25) is 0 Å². The topological polar surface area (TPSA) is 73.6 Å². The third kappa shape index (κ3) is 6.23. The molecule has 0 bridgehead atoms. The average Bonchev–Trinajstić information content (AvgIpc) is 2.82. The van der Waals surface area contributed by atoms with Crippen LogP contribution in [0.3, 0.4) is 0 Å². The number of carbonyl (C=O) groups is 2. The van der Waals surface area contributed by atoms with Gasteiger partial charge >= 0.3 is 0 Å². The highest BCUT2D eigenvalue weighted by molar-refractivity contribution is 5.94. The fourth-order valence-electron chi connectivity index (χ4n) is 4.34. The number of hydrogen-bond donors (Lipinski definition) is 0. The summed E-state index contributed by atoms with van der Waals surface area (Å²) in [4.78, 5) is 29.3. The van der Waals surface area contributed by atoms with Crippen molar-refractivity contribution in [2.45, 2.75) is 51.7 Å². The second-order valence-electron chi connectivity index (χ2n) is 8.53. The minimum absolute atomic E-state index is 0.00777. The summed E-state index contributed by atoms with van der Waals surface area (Å²) in [7, 11) is 0. The first-order valence-electron chi connectivity index (χ1n) is 11.4. The Hall–Kier alpha value is -3.59. The van der Waals surface area contributed by atoms with Gasteiger partial charge in [0.2, 0.25) is 0 Å². The average molecular weight is 446 g/mol. The van der Waals surface area contributed by atoms with Crippen molar-refractivity contribution in [1.29, 1.82) is 5.26 Å². The van der Waals surface area contributed by atoms with Crippen molar-refractivity contribution in [3.63, 3.8) is 0 Å². The maximum atomic E-state index is 13.1. The van der Waals surface area contributed by atoms with E-state index in [0.29, 0.717) is 30.0 Å². The molecule has 1 aliphatic rings. The Morgan fingerprint density at radius 1 is 1.18 bits per heavy atom. The number of hydrogen-bond acceptors (Lipinski definition) is 4. The van der Waals surface area contributed by atoms with Crippen LogP contribution in [-0.2, 0) is 11.3 Å². The normalized spacial score (nSPS) is 17.7. The van der Waals surface area contributed by atoms with Gasteiger partial charge in [-0.2, -0.15) is 5.26 Å². The van der Waals surface area contributed by atoms with Gasteiger partial charge in [-0.25, -0.2) is 0 Å². The summed E-state index contributed by atoms with van der Waals surface area (Å²) in [5.41, 5.74) is 1.96. The van der Waals surface area contributed by atoms with Gasteiger partial charge in [0.15, 0.2) is 6.61 Å². The lowest BCUT2D eigenvalue weighted by Gasteiger charge is -2.38. The van der Waals surface area contributed by atoms with Crippen molar-refractivity contribution in [3.8, 4) is 11.8 Å². The van der Waals surface area contributed by atoms with Crippen LogP contribution in [0.1, 0.15) is 54.6 Å². The molecular formula is C27H31N3O3. The summed E-state index contributed by atoms with van der Waals surface area (Å²) in [6.45, 7) is 8.66. The van der Waals surface area contributed by atoms with E-state index in [1.807, 2.05) is 17.0 Å². The summed E-state index contributed by atoms with van der Waals surface area (Å²) in [5.74, 6) is 0.400. The molecule has 2 amide bonds. The standard InChI is InChI=1S/C27H31N3O3/c1-4-15-29(18-23-10-6-9-22(16-23)17-28)27(32)24-11-13-25(14-12-24)33-19-26(31)30-20(2)7-5-8-21(30)3/h4,6,9-14,16,20-21H,1,5,7-8,15,18-19H2,2-3H3. The van der Waals surface area contributed by atoms with Crippen LogP contribution < -0.4 is 4.74 Å². The lowest BCUT2D eigenvalue weighted by Crippen LogP contribution is -2.49. The van der Waals surface area contributed by atoms with Crippen LogP contribution in [0.5, 0.6) is 5.75 Å². The van der Waals surface area contributed by atoms with E-state index in [2.05, 4.69) is 26.5 Å². The van der Waals surface area contributed by atoms with Gasteiger partial charge in [-0.15, -0.1) is 6.58 Å². The Morgan fingerprint density at radius 2 is 1.88 bits per heavy atom. The van der Waals surface area contributed by atoms with E-state index in [1.165, 1.54) is 0 Å². The molecule has 1 aliphatic heterocycles. The van der Waals surface area contributed by atoms with Crippen molar-refractivity contribution in [2.75, 3.05) is 13.2 Å². The van der Waals surface area contributed by atoms with Crippen LogP contribution in [0.4, 0.5) is 0 Å². The Bertz CT molecular complexity index is 1020. The molecule has 172 valence electrons. The number of rotatable bonds is 8. The van der Waals surface area contributed by atoms with Gasteiger partial charge in [-0.1, -0.05) is 18.2 Å². The van der Waals surface area contributed by atoms with Crippen LogP contribution in [0.15, 0.2) is 61.2 Å². The molecule has 0 aromatic heterocycles. The fourth-order valence-corrected chi connectivity index (χ4v) is 4.34. The van der Waals surface area contributed by atoms with E-state index in [-0.39, 0.29) is 30.5 Å². The van der Waals surface area contributed by atoms with Crippen LogP contribution >= 0.6 is 0 Å². The number of nitrogens with zero attached hydrogens (tertiary/aromatic N) is 3. The van der Waals surface area contributed by atoms with Gasteiger partial charge in [0.05, 0.1) is 11.6 Å². The van der Waals surface area contributed by atoms with Crippen molar-refractivity contribution in [2.24, 2.45) is 0 Å². The van der Waals surface area contributed by atoms with Gasteiger partial charge in [-0.05, 0) is 75.1 Å². The first-order chi connectivity index (χ1) is 15.9. The number of nitriles is 1. The predicted octanol–water partition coefficient (Wildman–Crippen LogP) is 4.55. The number of piperidine rings is 1. The molecule has 6 heteroatoms. The highest BCUT2D eigenvalue weighted by Crippen LogP contribution is 2.23. The molecule has 3 rings (SSSR count). The first kappa shape index (κ1) is 24.1. The molecule has 2 atom stereocenters. The summed E-state index contributed by atoms with van der Waals surface area (Å²) in [5, 5.41) is 9.11. The van der Waals surface area contributed by atoms with Crippen molar-refractivity contribution in [1.82, 2.24) is 9.80 Å². The zero-order valence-electron chi connectivity index (χ0n) is 19.4. The summed E-state index contributed by atoms with van der Waals surface area (Å²) in [6, 6.07) is 16.6. The Kier molecular flexibility index (Phi) is 8.26. The quantitative estimate of drug-likeness (QED) is 0.559. The maximum absolute atomic E-state index is 13.1. The zero-order valence-corrected chi connectivity index (χ0v) is 19.4. The van der Waals surface area contributed by atoms with Crippen LogP contribution in [0.25, 0.3) is 0 Å². The molecule has 6 nitrogen and oxygen atoms in total. The second-order valence-corrected chi connectivity index (χ2v) is 8.53. The Morgan fingerprint density at radius 3 is 2.52 bits per heavy atom. The maximum Gasteiger partial charge on any atom is 0.260 e. The molecule has 2 aromatic carbocycles. The summed E-state index contributed by atoms with van der Waals surface area (Å²) in [6.07, 6.45) is 4.87. The molecule has 1 fully saturated rings. The monoisotopic (exact) mass is 445 g/mol. The van der Waals surface area contributed by atoms with E-state index in [0.717, 1.165) is 24.8 Å². The van der Waals surface area contributed by atoms with Gasteiger partial charge < -0.3 is 14.5 Å². The van der Waals surface area contributed by atoms with E-state index < -0.39 is 0 Å². The van der Waals surface area contributed by atoms with E-state index in [1.54, 1.807) is 47.4 Å².